The highest BCUT2D eigenvalue weighted by Crippen LogP contribution is 2.19. The van der Waals surface area contributed by atoms with Crippen molar-refractivity contribution in [3.05, 3.63) is 41.4 Å². The van der Waals surface area contributed by atoms with Gasteiger partial charge in [0.25, 0.3) is 0 Å². The molecule has 1 aliphatic heterocycles. The van der Waals surface area contributed by atoms with Crippen LogP contribution in [0.2, 0.25) is 5.02 Å². The molecule has 25 heavy (non-hydrogen) atoms. The lowest BCUT2D eigenvalue weighted by molar-refractivity contribution is 0.380. The van der Waals surface area contributed by atoms with Crippen LogP contribution in [0.15, 0.2) is 35.6 Å². The molecule has 2 heterocycles. The fraction of sp³-hybridized carbons (Fsp3) is 0.438. The molecule has 0 unspecified atom stereocenters. The molecule has 1 fully saturated rings. The first-order valence-corrected chi connectivity index (χ1v) is 8.47. The number of guanidine groups is 1. The summed E-state index contributed by atoms with van der Waals surface area (Å²) >= 11 is 5.94. The standard InChI is InChI=1S/C16H22ClN7.HI/c1-2-24-15(20-12-21-24)11-19-16(18)23-9-7-22(8-10-23)14-5-3-13(17)4-6-14;/h3-6,12H,2,7-11H2,1H3,(H2,18,19);1H. The zero-order chi connectivity index (χ0) is 16.9. The predicted octanol–water partition coefficient (Wildman–Crippen LogP) is 2.21. The van der Waals surface area contributed by atoms with E-state index in [4.69, 9.17) is 17.3 Å². The summed E-state index contributed by atoms with van der Waals surface area (Å²) in [5.41, 5.74) is 7.33. The fourth-order valence-electron chi connectivity index (χ4n) is 2.77. The average molecular weight is 476 g/mol. The van der Waals surface area contributed by atoms with Crippen molar-refractivity contribution in [1.29, 1.82) is 0 Å². The highest BCUT2D eigenvalue weighted by atomic mass is 127. The topological polar surface area (TPSA) is 75.6 Å². The molecule has 0 bridgehead atoms. The molecule has 1 saturated heterocycles. The van der Waals surface area contributed by atoms with Crippen molar-refractivity contribution in [1.82, 2.24) is 19.7 Å². The number of anilines is 1. The van der Waals surface area contributed by atoms with Crippen LogP contribution in [0.1, 0.15) is 12.7 Å². The zero-order valence-electron chi connectivity index (χ0n) is 14.2. The number of benzene rings is 1. The monoisotopic (exact) mass is 475 g/mol. The number of piperazine rings is 1. The molecule has 0 radical (unpaired) electrons. The maximum absolute atomic E-state index is 6.14. The minimum atomic E-state index is 0. The molecule has 7 nitrogen and oxygen atoms in total. The third-order valence-electron chi connectivity index (χ3n) is 4.17. The Morgan fingerprint density at radius 2 is 1.88 bits per heavy atom. The van der Waals surface area contributed by atoms with Crippen LogP contribution >= 0.6 is 35.6 Å². The van der Waals surface area contributed by atoms with Gasteiger partial charge in [-0.25, -0.2) is 14.7 Å². The van der Waals surface area contributed by atoms with Gasteiger partial charge in [-0.1, -0.05) is 11.6 Å². The van der Waals surface area contributed by atoms with Gasteiger partial charge in [0.2, 0.25) is 0 Å². The maximum atomic E-state index is 6.14. The second-order valence-corrected chi connectivity index (χ2v) is 6.05. The molecule has 136 valence electrons. The van der Waals surface area contributed by atoms with E-state index in [2.05, 4.69) is 24.9 Å². The van der Waals surface area contributed by atoms with Crippen molar-refractivity contribution >= 4 is 47.2 Å². The maximum Gasteiger partial charge on any atom is 0.191 e. The molecule has 2 N–H and O–H groups in total. The summed E-state index contributed by atoms with van der Waals surface area (Å²) in [5.74, 6) is 1.40. The van der Waals surface area contributed by atoms with Crippen LogP contribution < -0.4 is 10.6 Å². The van der Waals surface area contributed by atoms with Crippen molar-refractivity contribution in [2.24, 2.45) is 10.7 Å². The van der Waals surface area contributed by atoms with Crippen molar-refractivity contribution in [2.45, 2.75) is 20.0 Å². The van der Waals surface area contributed by atoms with Gasteiger partial charge in [-0.3, -0.25) is 0 Å². The molecular weight excluding hydrogens is 453 g/mol. The van der Waals surface area contributed by atoms with Crippen molar-refractivity contribution in [2.75, 3.05) is 31.1 Å². The number of hydrogen-bond donors (Lipinski definition) is 1. The van der Waals surface area contributed by atoms with Crippen LogP contribution in [0.25, 0.3) is 0 Å². The quantitative estimate of drug-likeness (QED) is 0.417. The van der Waals surface area contributed by atoms with E-state index in [1.54, 1.807) is 6.33 Å². The second kappa shape index (κ2) is 9.23. The minimum absolute atomic E-state index is 0. The Bertz CT molecular complexity index is 693. The molecule has 0 amide bonds. The molecule has 1 aromatic heterocycles. The van der Waals surface area contributed by atoms with Crippen LogP contribution in [0.5, 0.6) is 0 Å². The summed E-state index contributed by atoms with van der Waals surface area (Å²) in [4.78, 5) is 13.1. The number of nitrogens with two attached hydrogens (primary N) is 1. The van der Waals surface area contributed by atoms with E-state index in [9.17, 15) is 0 Å². The molecule has 3 rings (SSSR count). The Labute approximate surface area is 169 Å². The third-order valence-corrected chi connectivity index (χ3v) is 4.43. The molecule has 1 aromatic carbocycles. The predicted molar refractivity (Wildman–Crippen MR) is 112 cm³/mol. The lowest BCUT2D eigenvalue weighted by Gasteiger charge is -2.36. The summed E-state index contributed by atoms with van der Waals surface area (Å²) in [6.07, 6.45) is 1.55. The van der Waals surface area contributed by atoms with E-state index in [1.807, 2.05) is 35.9 Å². The SMILES string of the molecule is CCn1ncnc1CN=C(N)N1CCN(c2ccc(Cl)cc2)CC1.I. The van der Waals surface area contributed by atoms with Gasteiger partial charge in [-0.15, -0.1) is 24.0 Å². The first-order chi connectivity index (χ1) is 11.7. The Kier molecular flexibility index (Phi) is 7.30. The first kappa shape index (κ1) is 19.8. The summed E-state index contributed by atoms with van der Waals surface area (Å²) in [6, 6.07) is 7.94. The van der Waals surface area contributed by atoms with E-state index < -0.39 is 0 Å². The number of aryl methyl sites for hydroxylation is 1. The molecule has 0 saturated carbocycles. The van der Waals surface area contributed by atoms with Gasteiger partial charge < -0.3 is 15.5 Å². The van der Waals surface area contributed by atoms with Gasteiger partial charge in [0.1, 0.15) is 18.7 Å². The number of rotatable bonds is 4. The highest BCUT2D eigenvalue weighted by Gasteiger charge is 2.18. The van der Waals surface area contributed by atoms with Crippen LogP contribution in [0.4, 0.5) is 5.69 Å². The summed E-state index contributed by atoms with van der Waals surface area (Å²) in [6.45, 7) is 6.77. The number of hydrogen-bond acceptors (Lipinski definition) is 4. The summed E-state index contributed by atoms with van der Waals surface area (Å²) < 4.78 is 1.83. The highest BCUT2D eigenvalue weighted by molar-refractivity contribution is 14.0. The molecular formula is C16H23ClIN7. The average Bonchev–Trinajstić information content (AvgIpc) is 3.08. The number of halogens is 2. The third kappa shape index (κ3) is 4.97. The van der Waals surface area contributed by atoms with Crippen LogP contribution in [0.3, 0.4) is 0 Å². The lowest BCUT2D eigenvalue weighted by Crippen LogP contribution is -2.51. The number of aromatic nitrogens is 3. The lowest BCUT2D eigenvalue weighted by atomic mass is 10.2. The minimum Gasteiger partial charge on any atom is -0.370 e. The van der Waals surface area contributed by atoms with E-state index in [0.717, 1.165) is 43.6 Å². The van der Waals surface area contributed by atoms with Crippen LogP contribution in [-0.4, -0.2) is 51.8 Å². The largest absolute Gasteiger partial charge is 0.370 e. The van der Waals surface area contributed by atoms with E-state index in [-0.39, 0.29) is 24.0 Å². The Morgan fingerprint density at radius 3 is 2.52 bits per heavy atom. The van der Waals surface area contributed by atoms with Gasteiger partial charge in [-0.05, 0) is 31.2 Å². The van der Waals surface area contributed by atoms with Crippen molar-refractivity contribution in [3.63, 3.8) is 0 Å². The number of aliphatic imine (C=N–C) groups is 1. The van der Waals surface area contributed by atoms with E-state index in [0.29, 0.717) is 12.5 Å². The second-order valence-electron chi connectivity index (χ2n) is 5.62. The van der Waals surface area contributed by atoms with Crippen molar-refractivity contribution in [3.8, 4) is 0 Å². The van der Waals surface area contributed by atoms with E-state index in [1.165, 1.54) is 5.69 Å². The number of nitrogens with zero attached hydrogens (tertiary/aromatic N) is 6. The summed E-state index contributed by atoms with van der Waals surface area (Å²) in [7, 11) is 0. The Hall–Kier alpha value is -1.55. The molecule has 1 aliphatic rings. The fourth-order valence-corrected chi connectivity index (χ4v) is 2.90. The zero-order valence-corrected chi connectivity index (χ0v) is 17.3. The molecule has 2 aromatic rings. The first-order valence-electron chi connectivity index (χ1n) is 8.09. The van der Waals surface area contributed by atoms with Gasteiger partial charge in [-0.2, -0.15) is 5.10 Å². The van der Waals surface area contributed by atoms with Gasteiger partial charge in [0.15, 0.2) is 5.96 Å². The molecule has 0 spiro atoms. The Morgan fingerprint density at radius 1 is 1.20 bits per heavy atom. The normalized spacial score (nSPS) is 15.2. The van der Waals surface area contributed by atoms with Crippen LogP contribution in [0, 0.1) is 0 Å². The van der Waals surface area contributed by atoms with E-state index >= 15 is 0 Å². The smallest absolute Gasteiger partial charge is 0.191 e. The molecule has 9 heteroatoms. The summed E-state index contributed by atoms with van der Waals surface area (Å²) in [5, 5.41) is 4.90. The van der Waals surface area contributed by atoms with Crippen LogP contribution in [-0.2, 0) is 13.1 Å². The van der Waals surface area contributed by atoms with Gasteiger partial charge in [0, 0.05) is 43.4 Å². The van der Waals surface area contributed by atoms with Gasteiger partial charge >= 0.3 is 0 Å². The molecule has 0 atom stereocenters. The van der Waals surface area contributed by atoms with Gasteiger partial charge in [0.05, 0.1) is 0 Å². The Balaban J connectivity index is 0.00000225. The van der Waals surface area contributed by atoms with Crippen molar-refractivity contribution < 1.29 is 0 Å². The molecule has 0 aliphatic carbocycles.